The first-order valence-corrected chi connectivity index (χ1v) is 9.87. The van der Waals surface area contributed by atoms with E-state index in [1.165, 1.54) is 12.1 Å². The molecule has 0 aromatic heterocycles. The van der Waals surface area contributed by atoms with E-state index in [1.807, 2.05) is 0 Å². The van der Waals surface area contributed by atoms with Gasteiger partial charge in [0.15, 0.2) is 18.3 Å². The van der Waals surface area contributed by atoms with Crippen molar-refractivity contribution >= 4 is 29.8 Å². The van der Waals surface area contributed by atoms with Gasteiger partial charge in [-0.3, -0.25) is 14.4 Å². The fraction of sp³-hybridized carbons (Fsp3) is 0.476. The summed E-state index contributed by atoms with van der Waals surface area (Å²) < 4.78 is 31.5. The number of carboxylic acids is 1. The highest BCUT2D eigenvalue weighted by atomic mass is 16.7. The van der Waals surface area contributed by atoms with E-state index in [0.717, 1.165) is 33.9 Å². The normalized spacial score (nSPS) is 23.9. The molecule has 0 radical (unpaired) electrons. The van der Waals surface area contributed by atoms with Gasteiger partial charge in [0.1, 0.15) is 11.3 Å². The number of aromatic carboxylic acids is 1. The first-order chi connectivity index (χ1) is 16.0. The van der Waals surface area contributed by atoms with E-state index in [2.05, 4.69) is 4.74 Å². The second-order valence-electron chi connectivity index (χ2n) is 7.08. The summed E-state index contributed by atoms with van der Waals surface area (Å²) in [5.41, 5.74) is -0.108. The molecule has 1 heterocycles. The van der Waals surface area contributed by atoms with Gasteiger partial charge in [-0.15, -0.1) is 0 Å². The summed E-state index contributed by atoms with van der Waals surface area (Å²) in [5.74, 6) is -5.33. The smallest absolute Gasteiger partial charge is 0.339 e. The van der Waals surface area contributed by atoms with Gasteiger partial charge in [-0.25, -0.2) is 9.59 Å². The molecule has 1 aliphatic rings. The zero-order valence-electron chi connectivity index (χ0n) is 18.7. The minimum Gasteiger partial charge on any atom is -0.478 e. The van der Waals surface area contributed by atoms with Crippen LogP contribution in [-0.2, 0) is 49.5 Å². The fourth-order valence-corrected chi connectivity index (χ4v) is 3.25. The molecule has 1 saturated heterocycles. The summed E-state index contributed by atoms with van der Waals surface area (Å²) in [6.45, 7) is 2.65. The molecule has 0 bridgehead atoms. The third kappa shape index (κ3) is 6.42. The summed E-state index contributed by atoms with van der Waals surface area (Å²) >= 11 is 0. The van der Waals surface area contributed by atoms with Crippen molar-refractivity contribution in [2.75, 3.05) is 7.11 Å². The molecule has 0 saturated carbocycles. The van der Waals surface area contributed by atoms with Gasteiger partial charge in [0, 0.05) is 20.8 Å². The molecule has 13 nitrogen and oxygen atoms in total. The molecule has 1 fully saturated rings. The maximum absolute atomic E-state index is 12.4. The third-order valence-electron chi connectivity index (χ3n) is 4.53. The van der Waals surface area contributed by atoms with Crippen molar-refractivity contribution in [3.8, 4) is 5.75 Å². The van der Waals surface area contributed by atoms with Crippen LogP contribution in [-0.4, -0.2) is 77.9 Å². The standard InChI is InChI=1S/C21H24O13/c1-9(23)30-15-16(31-10(2)24)18(32-11(3)25)21(34-17(15)20(28)29-4)33-14-6-5-12(8-22)7-13(14)19(26)27/h5-7,15-18,21-22H,8H2,1-4H3,(H,26,27)/t15-,16-,17-,18-,21+/m0/s1. The summed E-state index contributed by atoms with van der Waals surface area (Å²) in [6, 6.07) is 3.73. The molecule has 1 aromatic carbocycles. The number of aliphatic hydroxyl groups is 1. The van der Waals surface area contributed by atoms with Crippen LogP contribution in [0.2, 0.25) is 0 Å². The number of carboxylic acid groups (broad SMARTS) is 1. The zero-order valence-corrected chi connectivity index (χ0v) is 18.7. The van der Waals surface area contributed by atoms with Gasteiger partial charge in [-0.2, -0.15) is 0 Å². The average molecular weight is 484 g/mol. The van der Waals surface area contributed by atoms with Gasteiger partial charge >= 0.3 is 29.8 Å². The molecule has 13 heteroatoms. The van der Waals surface area contributed by atoms with Crippen LogP contribution in [0.3, 0.4) is 0 Å². The number of aliphatic hydroxyl groups excluding tert-OH is 1. The van der Waals surface area contributed by atoms with Crippen LogP contribution in [0.25, 0.3) is 0 Å². The third-order valence-corrected chi connectivity index (χ3v) is 4.53. The highest BCUT2D eigenvalue weighted by Gasteiger charge is 2.56. The van der Waals surface area contributed by atoms with Crippen LogP contribution in [0, 0.1) is 0 Å². The number of hydrogen-bond acceptors (Lipinski definition) is 12. The molecular formula is C21H24O13. The topological polar surface area (TPSA) is 181 Å². The predicted molar refractivity (Wildman–Crippen MR) is 107 cm³/mol. The molecular weight excluding hydrogens is 460 g/mol. The molecule has 5 atom stereocenters. The molecule has 1 aliphatic heterocycles. The van der Waals surface area contributed by atoms with E-state index >= 15 is 0 Å². The molecule has 34 heavy (non-hydrogen) atoms. The van der Waals surface area contributed by atoms with Gasteiger partial charge in [-0.1, -0.05) is 6.07 Å². The zero-order chi connectivity index (χ0) is 25.6. The molecule has 0 aliphatic carbocycles. The maximum Gasteiger partial charge on any atom is 0.339 e. The minimum atomic E-state index is -1.71. The van der Waals surface area contributed by atoms with Crippen LogP contribution >= 0.6 is 0 Å². The summed E-state index contributed by atoms with van der Waals surface area (Å²) in [4.78, 5) is 59.4. The van der Waals surface area contributed by atoms with Gasteiger partial charge in [0.05, 0.1) is 13.7 Å². The summed E-state index contributed by atoms with van der Waals surface area (Å²) in [6.07, 6.45) is -8.17. The number of carbonyl (C=O) groups is 5. The molecule has 1 aromatic rings. The lowest BCUT2D eigenvalue weighted by Gasteiger charge is -2.43. The number of ether oxygens (including phenoxy) is 6. The van der Waals surface area contributed by atoms with Crippen LogP contribution < -0.4 is 4.74 Å². The Bertz CT molecular complexity index is 956. The van der Waals surface area contributed by atoms with E-state index in [-0.39, 0.29) is 16.9 Å². The average Bonchev–Trinajstić information content (AvgIpc) is 2.76. The predicted octanol–water partition coefficient (Wildman–Crippen LogP) is -0.0511. The minimum absolute atomic E-state index is 0.269. The summed E-state index contributed by atoms with van der Waals surface area (Å²) in [7, 11) is 1.03. The van der Waals surface area contributed by atoms with Crippen LogP contribution in [0.1, 0.15) is 36.7 Å². The molecule has 2 rings (SSSR count). The van der Waals surface area contributed by atoms with Crippen molar-refractivity contribution in [3.05, 3.63) is 29.3 Å². The second-order valence-corrected chi connectivity index (χ2v) is 7.08. The molecule has 0 amide bonds. The van der Waals surface area contributed by atoms with Crippen molar-refractivity contribution in [1.82, 2.24) is 0 Å². The lowest BCUT2D eigenvalue weighted by molar-refractivity contribution is -0.282. The maximum atomic E-state index is 12.4. The monoisotopic (exact) mass is 484 g/mol. The van der Waals surface area contributed by atoms with Gasteiger partial charge < -0.3 is 38.6 Å². The van der Waals surface area contributed by atoms with E-state index in [1.54, 1.807) is 0 Å². The Morgan fingerprint density at radius 3 is 1.97 bits per heavy atom. The van der Waals surface area contributed by atoms with E-state index in [4.69, 9.17) is 23.7 Å². The SMILES string of the molecule is COC(=O)[C@H]1O[C@@H](Oc2ccc(CO)cc2C(=O)O)[C@@H](OC(C)=O)[C@@H](OC(C)=O)[C@@H]1OC(C)=O. The van der Waals surface area contributed by atoms with Gasteiger partial charge in [0.25, 0.3) is 0 Å². The van der Waals surface area contributed by atoms with Crippen LogP contribution in [0.4, 0.5) is 0 Å². The highest BCUT2D eigenvalue weighted by molar-refractivity contribution is 5.91. The first-order valence-electron chi connectivity index (χ1n) is 9.87. The van der Waals surface area contributed by atoms with Gasteiger partial charge in [0.2, 0.25) is 12.4 Å². The number of rotatable bonds is 8. The molecule has 0 spiro atoms. The Balaban J connectivity index is 2.58. The lowest BCUT2D eigenvalue weighted by atomic mass is 9.97. The van der Waals surface area contributed by atoms with Crippen molar-refractivity contribution in [2.45, 2.75) is 58.1 Å². The first kappa shape index (κ1) is 26.5. The lowest BCUT2D eigenvalue weighted by Crippen LogP contribution is -2.64. The Kier molecular flexibility index (Phi) is 8.92. The number of methoxy groups -OCH3 is 1. The van der Waals surface area contributed by atoms with Crippen molar-refractivity contribution < 1.29 is 62.6 Å². The van der Waals surface area contributed by atoms with E-state index < -0.39 is 67.2 Å². The Morgan fingerprint density at radius 2 is 1.47 bits per heavy atom. The van der Waals surface area contributed by atoms with Crippen molar-refractivity contribution in [3.63, 3.8) is 0 Å². The number of carbonyl (C=O) groups excluding carboxylic acids is 4. The van der Waals surface area contributed by atoms with E-state index in [0.29, 0.717) is 0 Å². The molecule has 186 valence electrons. The van der Waals surface area contributed by atoms with Crippen LogP contribution in [0.15, 0.2) is 18.2 Å². The molecule has 2 N–H and O–H groups in total. The fourth-order valence-electron chi connectivity index (χ4n) is 3.25. The Labute approximate surface area is 193 Å². The van der Waals surface area contributed by atoms with Crippen LogP contribution in [0.5, 0.6) is 5.75 Å². The molecule has 0 unspecified atom stereocenters. The second kappa shape index (κ2) is 11.4. The Morgan fingerprint density at radius 1 is 0.912 bits per heavy atom. The number of hydrogen-bond donors (Lipinski definition) is 2. The number of esters is 4. The largest absolute Gasteiger partial charge is 0.478 e. The van der Waals surface area contributed by atoms with Crippen molar-refractivity contribution in [1.29, 1.82) is 0 Å². The highest BCUT2D eigenvalue weighted by Crippen LogP contribution is 2.32. The van der Waals surface area contributed by atoms with Gasteiger partial charge in [-0.05, 0) is 17.7 Å². The van der Waals surface area contributed by atoms with E-state index in [9.17, 15) is 34.2 Å². The number of benzene rings is 1. The van der Waals surface area contributed by atoms with Crippen molar-refractivity contribution in [2.24, 2.45) is 0 Å². The quantitative estimate of drug-likeness (QED) is 0.370. The Hall–Kier alpha value is -3.71. The summed E-state index contributed by atoms with van der Waals surface area (Å²) in [5, 5.41) is 18.8.